The smallest absolute Gasteiger partial charge is 0.254 e. The normalized spacial score (nSPS) is 20.1. The van der Waals surface area contributed by atoms with Crippen LogP contribution in [0.4, 0.5) is 0 Å². The highest BCUT2D eigenvalue weighted by Gasteiger charge is 2.28. The lowest BCUT2D eigenvalue weighted by Crippen LogP contribution is -2.32. The Morgan fingerprint density at radius 3 is 3.07 bits per heavy atom. The monoisotopic (exact) mass is 189 g/mol. The van der Waals surface area contributed by atoms with Gasteiger partial charge in [0, 0.05) is 25.1 Å². The third-order valence-corrected chi connectivity index (χ3v) is 2.72. The van der Waals surface area contributed by atoms with Crippen LogP contribution in [-0.2, 0) is 6.42 Å². The van der Waals surface area contributed by atoms with Crippen LogP contribution in [0.15, 0.2) is 6.20 Å². The standard InChI is InChI=1S/C10H11N3O/c14-10-7-5-12-9(6-1-2-6)13-8(7)3-4-11-10/h5-6H,1-4H2,(H,11,14). The predicted octanol–water partition coefficient (Wildman–Crippen LogP) is 0.640. The first-order chi connectivity index (χ1) is 6.84. The van der Waals surface area contributed by atoms with Crippen molar-refractivity contribution in [3.05, 3.63) is 23.3 Å². The highest BCUT2D eigenvalue weighted by atomic mass is 16.1. The molecule has 14 heavy (non-hydrogen) atoms. The predicted molar refractivity (Wildman–Crippen MR) is 50.0 cm³/mol. The molecule has 72 valence electrons. The molecule has 0 saturated heterocycles. The number of aromatic nitrogens is 2. The van der Waals surface area contributed by atoms with Crippen molar-refractivity contribution < 1.29 is 4.79 Å². The summed E-state index contributed by atoms with van der Waals surface area (Å²) in [5.74, 6) is 1.46. The third kappa shape index (κ3) is 1.18. The first kappa shape index (κ1) is 7.91. The van der Waals surface area contributed by atoms with E-state index in [2.05, 4.69) is 15.3 Å². The molecule has 1 aromatic rings. The first-order valence-corrected chi connectivity index (χ1v) is 4.98. The average Bonchev–Trinajstić information content (AvgIpc) is 3.01. The average molecular weight is 189 g/mol. The summed E-state index contributed by atoms with van der Waals surface area (Å²) in [5, 5.41) is 2.78. The van der Waals surface area contributed by atoms with Crippen LogP contribution in [0.25, 0.3) is 0 Å². The van der Waals surface area contributed by atoms with E-state index in [4.69, 9.17) is 0 Å². The number of amides is 1. The van der Waals surface area contributed by atoms with Crippen molar-refractivity contribution in [2.24, 2.45) is 0 Å². The lowest BCUT2D eigenvalue weighted by atomic mass is 10.1. The van der Waals surface area contributed by atoms with Gasteiger partial charge in [0.15, 0.2) is 0 Å². The summed E-state index contributed by atoms with van der Waals surface area (Å²) >= 11 is 0. The lowest BCUT2D eigenvalue weighted by molar-refractivity contribution is 0.0944. The Kier molecular flexibility index (Phi) is 1.56. The Bertz CT molecular complexity index is 398. The third-order valence-electron chi connectivity index (χ3n) is 2.72. The molecule has 2 aliphatic rings. The maximum atomic E-state index is 11.4. The van der Waals surface area contributed by atoms with Crippen molar-refractivity contribution in [3.63, 3.8) is 0 Å². The summed E-state index contributed by atoms with van der Waals surface area (Å²) in [6, 6.07) is 0. The van der Waals surface area contributed by atoms with Gasteiger partial charge in [-0.05, 0) is 12.8 Å². The van der Waals surface area contributed by atoms with Crippen LogP contribution in [0, 0.1) is 0 Å². The van der Waals surface area contributed by atoms with E-state index in [0.717, 1.165) is 17.9 Å². The molecule has 0 radical (unpaired) electrons. The summed E-state index contributed by atoms with van der Waals surface area (Å²) in [6.07, 6.45) is 4.91. The Morgan fingerprint density at radius 2 is 2.29 bits per heavy atom. The minimum Gasteiger partial charge on any atom is -0.352 e. The fourth-order valence-corrected chi connectivity index (χ4v) is 1.74. The lowest BCUT2D eigenvalue weighted by Gasteiger charge is -2.15. The van der Waals surface area contributed by atoms with Crippen LogP contribution < -0.4 is 5.32 Å². The molecule has 1 amide bonds. The van der Waals surface area contributed by atoms with Gasteiger partial charge in [-0.3, -0.25) is 4.79 Å². The molecule has 0 spiro atoms. The number of fused-ring (bicyclic) bond motifs is 1. The van der Waals surface area contributed by atoms with Gasteiger partial charge in [0.25, 0.3) is 5.91 Å². The molecule has 1 aliphatic heterocycles. The number of nitrogens with zero attached hydrogens (tertiary/aromatic N) is 2. The van der Waals surface area contributed by atoms with Gasteiger partial charge in [-0.15, -0.1) is 0 Å². The minimum atomic E-state index is -0.0337. The van der Waals surface area contributed by atoms with E-state index < -0.39 is 0 Å². The van der Waals surface area contributed by atoms with Gasteiger partial charge in [0.2, 0.25) is 0 Å². The second-order valence-corrected chi connectivity index (χ2v) is 3.87. The maximum Gasteiger partial charge on any atom is 0.254 e. The summed E-state index contributed by atoms with van der Waals surface area (Å²) in [5.41, 5.74) is 1.58. The van der Waals surface area contributed by atoms with E-state index >= 15 is 0 Å². The first-order valence-electron chi connectivity index (χ1n) is 4.98. The van der Waals surface area contributed by atoms with Gasteiger partial charge in [-0.25, -0.2) is 9.97 Å². The van der Waals surface area contributed by atoms with E-state index in [1.807, 2.05) is 0 Å². The van der Waals surface area contributed by atoms with Gasteiger partial charge in [0.05, 0.1) is 11.3 Å². The summed E-state index contributed by atoms with van der Waals surface area (Å²) in [7, 11) is 0. The van der Waals surface area contributed by atoms with E-state index in [1.54, 1.807) is 6.20 Å². The molecule has 4 nitrogen and oxygen atoms in total. The van der Waals surface area contributed by atoms with Gasteiger partial charge in [-0.2, -0.15) is 0 Å². The zero-order valence-corrected chi connectivity index (χ0v) is 7.79. The Morgan fingerprint density at radius 1 is 1.43 bits per heavy atom. The van der Waals surface area contributed by atoms with E-state index in [9.17, 15) is 4.79 Å². The molecule has 0 aromatic carbocycles. The number of carbonyl (C=O) groups is 1. The topological polar surface area (TPSA) is 54.9 Å². The van der Waals surface area contributed by atoms with Crippen LogP contribution in [0.3, 0.4) is 0 Å². The molecule has 4 heteroatoms. The number of hydrogen-bond acceptors (Lipinski definition) is 3. The van der Waals surface area contributed by atoms with Gasteiger partial charge < -0.3 is 5.32 Å². The summed E-state index contributed by atoms with van der Waals surface area (Å²) in [4.78, 5) is 20.1. The Balaban J connectivity index is 2.04. The largest absolute Gasteiger partial charge is 0.352 e. The molecule has 0 bridgehead atoms. The Hall–Kier alpha value is -1.45. The number of nitrogens with one attached hydrogen (secondary N) is 1. The SMILES string of the molecule is O=C1NCCc2nc(C3CC3)ncc21. The molecule has 1 aliphatic carbocycles. The molecule has 3 rings (SSSR count). The van der Waals surface area contributed by atoms with Crippen molar-refractivity contribution in [1.82, 2.24) is 15.3 Å². The van der Waals surface area contributed by atoms with Crippen molar-refractivity contribution in [1.29, 1.82) is 0 Å². The van der Waals surface area contributed by atoms with Crippen LogP contribution >= 0.6 is 0 Å². The van der Waals surface area contributed by atoms with E-state index in [0.29, 0.717) is 18.0 Å². The minimum absolute atomic E-state index is 0.0337. The summed E-state index contributed by atoms with van der Waals surface area (Å²) < 4.78 is 0. The Labute approximate surface area is 81.8 Å². The quantitative estimate of drug-likeness (QED) is 0.705. The molecule has 1 N–H and O–H groups in total. The van der Waals surface area contributed by atoms with Crippen LogP contribution in [0.2, 0.25) is 0 Å². The van der Waals surface area contributed by atoms with Crippen molar-refractivity contribution >= 4 is 5.91 Å². The highest BCUT2D eigenvalue weighted by molar-refractivity contribution is 5.95. The van der Waals surface area contributed by atoms with Crippen molar-refractivity contribution in [3.8, 4) is 0 Å². The molecular formula is C10H11N3O. The molecule has 1 saturated carbocycles. The van der Waals surface area contributed by atoms with Gasteiger partial charge in [-0.1, -0.05) is 0 Å². The molecule has 0 unspecified atom stereocenters. The zero-order valence-electron chi connectivity index (χ0n) is 7.79. The fourth-order valence-electron chi connectivity index (χ4n) is 1.74. The van der Waals surface area contributed by atoms with Crippen LogP contribution in [0.5, 0.6) is 0 Å². The van der Waals surface area contributed by atoms with Gasteiger partial charge >= 0.3 is 0 Å². The summed E-state index contributed by atoms with van der Waals surface area (Å²) in [6.45, 7) is 0.701. The van der Waals surface area contributed by atoms with Crippen LogP contribution in [-0.4, -0.2) is 22.4 Å². The van der Waals surface area contributed by atoms with Gasteiger partial charge in [0.1, 0.15) is 5.82 Å². The number of hydrogen-bond donors (Lipinski definition) is 1. The van der Waals surface area contributed by atoms with E-state index in [-0.39, 0.29) is 5.91 Å². The molecule has 1 aromatic heterocycles. The molecule has 1 fully saturated rings. The molecule has 2 heterocycles. The van der Waals surface area contributed by atoms with Crippen molar-refractivity contribution in [2.45, 2.75) is 25.2 Å². The van der Waals surface area contributed by atoms with E-state index in [1.165, 1.54) is 12.8 Å². The van der Waals surface area contributed by atoms with Crippen molar-refractivity contribution in [2.75, 3.05) is 6.54 Å². The second-order valence-electron chi connectivity index (χ2n) is 3.87. The fraction of sp³-hybridized carbons (Fsp3) is 0.500. The highest BCUT2D eigenvalue weighted by Crippen LogP contribution is 2.38. The van der Waals surface area contributed by atoms with Crippen LogP contribution in [0.1, 0.15) is 40.6 Å². The number of carbonyl (C=O) groups excluding carboxylic acids is 1. The second kappa shape index (κ2) is 2.77. The maximum absolute atomic E-state index is 11.4. The number of rotatable bonds is 1. The molecule has 0 atom stereocenters. The zero-order chi connectivity index (χ0) is 9.54. The molecular weight excluding hydrogens is 178 g/mol.